The first-order valence-corrected chi connectivity index (χ1v) is 13.4. The van der Waals surface area contributed by atoms with Crippen molar-refractivity contribution >= 4 is 30.4 Å². The van der Waals surface area contributed by atoms with E-state index in [0.717, 1.165) is 0 Å². The molecule has 0 radical (unpaired) electrons. The zero-order valence-electron chi connectivity index (χ0n) is 17.3. The van der Waals surface area contributed by atoms with E-state index in [0.29, 0.717) is 36.4 Å². The molecular formula is C18H8F15IO3S. The Morgan fingerprint density at radius 3 is 1.26 bits per heavy atom. The molecule has 0 atom stereocenters. The normalized spacial score (nSPS) is 15.0. The molecule has 38 heavy (non-hydrogen) atoms. The molecule has 2 aromatic rings. The van der Waals surface area contributed by atoms with Gasteiger partial charge in [0.1, 0.15) is 0 Å². The van der Waals surface area contributed by atoms with Gasteiger partial charge in [-0.25, -0.2) is 0 Å². The summed E-state index contributed by atoms with van der Waals surface area (Å²) in [6.07, 6.45) is -17.9. The van der Waals surface area contributed by atoms with Crippen LogP contribution in [0.4, 0.5) is 65.9 Å². The maximum atomic E-state index is 14.2. The Hall–Kier alpha value is -1.97. The summed E-state index contributed by atoms with van der Waals surface area (Å²) >= 11 is -5.21. The number of alkyl halides is 15. The van der Waals surface area contributed by atoms with Crippen molar-refractivity contribution in [1.82, 2.24) is 0 Å². The number of hydrogen-bond acceptors (Lipinski definition) is 3. The maximum absolute atomic E-state index is 14.2. The molecule has 0 heterocycles. The van der Waals surface area contributed by atoms with Gasteiger partial charge in [0.05, 0.1) is 0 Å². The van der Waals surface area contributed by atoms with Crippen LogP contribution in [0.5, 0.6) is 0 Å². The van der Waals surface area contributed by atoms with Crippen LogP contribution >= 0.6 is 20.2 Å². The van der Waals surface area contributed by atoms with Gasteiger partial charge in [0, 0.05) is 0 Å². The number of rotatable bonds is 7. The van der Waals surface area contributed by atoms with Crippen molar-refractivity contribution in [1.29, 1.82) is 0 Å². The molecule has 0 aliphatic heterocycles. The molecule has 0 fully saturated rings. The van der Waals surface area contributed by atoms with E-state index in [1.807, 2.05) is 0 Å². The van der Waals surface area contributed by atoms with E-state index in [9.17, 15) is 74.3 Å². The minimum atomic E-state index is -7.74. The fourth-order valence-corrected chi connectivity index (χ4v) is 9.58. The molecule has 2 aromatic carbocycles. The zero-order valence-corrected chi connectivity index (χ0v) is 20.3. The Labute approximate surface area is 209 Å². The Kier molecular flexibility index (Phi) is 8.40. The topological polar surface area (TPSA) is 43.4 Å². The van der Waals surface area contributed by atoms with E-state index in [-0.39, 0.29) is 12.1 Å². The van der Waals surface area contributed by atoms with Gasteiger partial charge in [0.15, 0.2) is 0 Å². The van der Waals surface area contributed by atoms with Crippen LogP contribution < -0.4 is 0 Å². The van der Waals surface area contributed by atoms with Crippen LogP contribution in [0.25, 0.3) is 0 Å². The second-order valence-corrected chi connectivity index (χ2v) is 13.5. The van der Waals surface area contributed by atoms with Crippen molar-refractivity contribution in [2.24, 2.45) is 0 Å². The van der Waals surface area contributed by atoms with Crippen LogP contribution in [-0.2, 0) is 25.0 Å². The van der Waals surface area contributed by atoms with Crippen molar-refractivity contribution in [3.63, 3.8) is 0 Å². The summed E-state index contributed by atoms with van der Waals surface area (Å²) in [7, 11) is -7.61. The first-order chi connectivity index (χ1) is 16.8. The van der Waals surface area contributed by atoms with Gasteiger partial charge in [-0.15, -0.1) is 0 Å². The molecule has 3 nitrogen and oxygen atoms in total. The number of halogens is 16. The fraction of sp³-hybridized carbons (Fsp3) is 0.333. The molecule has 0 saturated carbocycles. The van der Waals surface area contributed by atoms with Gasteiger partial charge in [-0.2, -0.15) is 0 Å². The molecule has 0 spiro atoms. The summed E-state index contributed by atoms with van der Waals surface area (Å²) < 4.78 is 223. The molecule has 20 heteroatoms. The van der Waals surface area contributed by atoms with Gasteiger partial charge in [-0.3, -0.25) is 0 Å². The third-order valence-corrected chi connectivity index (χ3v) is 11.6. The van der Waals surface area contributed by atoms with Crippen molar-refractivity contribution in [2.45, 2.75) is 35.6 Å². The van der Waals surface area contributed by atoms with Crippen molar-refractivity contribution < 1.29 is 76.8 Å². The number of benzene rings is 2. The van der Waals surface area contributed by atoms with Gasteiger partial charge >= 0.3 is 210 Å². The first-order valence-electron chi connectivity index (χ1n) is 8.96. The standard InChI is InChI=1S/C18H8F15IO3S/c19-13(20,21)9-3-1-5-11(7-9)34(12-6-2-4-10(8-12)14(22,23)24)37-38(35,36)18(32,33)16(27,28)15(25,26)17(29,30)31/h1-8H. The molecule has 0 saturated heterocycles. The van der Waals surface area contributed by atoms with Crippen LogP contribution in [0.1, 0.15) is 11.1 Å². The average molecular weight is 716 g/mol. The van der Waals surface area contributed by atoms with Crippen molar-refractivity contribution in [3.8, 4) is 0 Å². The van der Waals surface area contributed by atoms with Gasteiger partial charge in [0.2, 0.25) is 0 Å². The Bertz CT molecular complexity index is 1210. The first kappa shape index (κ1) is 32.2. The van der Waals surface area contributed by atoms with Gasteiger partial charge in [-0.05, 0) is 0 Å². The summed E-state index contributed by atoms with van der Waals surface area (Å²) in [6.45, 7) is 0. The van der Waals surface area contributed by atoms with Crippen molar-refractivity contribution in [3.05, 3.63) is 66.8 Å². The second kappa shape index (κ2) is 9.89. The van der Waals surface area contributed by atoms with Gasteiger partial charge in [-0.1, -0.05) is 0 Å². The summed E-state index contributed by atoms with van der Waals surface area (Å²) in [5.41, 5.74) is -3.29. The van der Waals surface area contributed by atoms with E-state index in [1.165, 1.54) is 0 Å². The van der Waals surface area contributed by atoms with E-state index >= 15 is 0 Å². The van der Waals surface area contributed by atoms with Gasteiger partial charge < -0.3 is 0 Å². The Morgan fingerprint density at radius 1 is 0.579 bits per heavy atom. The third-order valence-electron chi connectivity index (χ3n) is 4.28. The van der Waals surface area contributed by atoms with Crippen LogP contribution in [0.2, 0.25) is 0 Å². The van der Waals surface area contributed by atoms with E-state index in [4.69, 9.17) is 0 Å². The molecule has 0 N–H and O–H groups in total. The van der Waals surface area contributed by atoms with Crippen LogP contribution in [-0.4, -0.2) is 31.7 Å². The van der Waals surface area contributed by atoms with Crippen molar-refractivity contribution in [2.75, 3.05) is 0 Å². The molecule has 0 unspecified atom stereocenters. The summed E-state index contributed by atoms with van der Waals surface area (Å²) in [4.78, 5) is 0. The second-order valence-electron chi connectivity index (χ2n) is 6.95. The molecule has 0 amide bonds. The molecular weight excluding hydrogens is 708 g/mol. The predicted octanol–water partition coefficient (Wildman–Crippen LogP) is 7.96. The van der Waals surface area contributed by atoms with E-state index in [2.05, 4.69) is 2.51 Å². The molecule has 2 rings (SSSR count). The minimum absolute atomic E-state index is 0.00123. The van der Waals surface area contributed by atoms with E-state index < -0.39 is 84.2 Å². The predicted molar refractivity (Wildman–Crippen MR) is 105 cm³/mol. The Morgan fingerprint density at radius 2 is 0.947 bits per heavy atom. The molecule has 0 aliphatic rings. The summed E-state index contributed by atoms with van der Waals surface area (Å²) in [5.74, 6) is -15.4. The fourth-order valence-electron chi connectivity index (χ4n) is 2.38. The monoisotopic (exact) mass is 716 g/mol. The van der Waals surface area contributed by atoms with Crippen LogP contribution in [0.3, 0.4) is 0 Å². The molecule has 216 valence electrons. The van der Waals surface area contributed by atoms with Crippen LogP contribution in [0.15, 0.2) is 48.5 Å². The molecule has 0 bridgehead atoms. The molecule has 0 aliphatic carbocycles. The Balaban J connectivity index is 2.76. The summed E-state index contributed by atoms with van der Waals surface area (Å²) in [6, 6.07) is 2.67. The SMILES string of the molecule is O=S(=O)(OI(c1cccc(C(F)(F)F)c1)c1cccc(C(F)(F)F)c1)C(F)(F)C(F)(F)C(F)(F)C(F)(F)F. The third kappa shape index (κ3) is 5.94. The average Bonchev–Trinajstić information content (AvgIpc) is 2.75. The van der Waals surface area contributed by atoms with Gasteiger partial charge in [0.25, 0.3) is 0 Å². The van der Waals surface area contributed by atoms with E-state index in [1.54, 1.807) is 0 Å². The quantitative estimate of drug-likeness (QED) is 0.216. The zero-order chi connectivity index (χ0) is 29.8. The summed E-state index contributed by atoms with van der Waals surface area (Å²) in [5, 5.41) is -7.38. The number of hydrogen-bond donors (Lipinski definition) is 0. The molecule has 0 aromatic heterocycles. The van der Waals surface area contributed by atoms with Crippen LogP contribution in [0, 0.1) is 7.14 Å².